The van der Waals surface area contributed by atoms with E-state index in [1.807, 2.05) is 212 Å². The second-order valence-corrected chi connectivity index (χ2v) is 33.3. The third-order valence-electron chi connectivity index (χ3n) is 25.3. The maximum Gasteiger partial charge on any atom is 0.148 e. The molecule has 16 heteroatoms. The van der Waals surface area contributed by atoms with Gasteiger partial charge in [-0.05, 0) is 250 Å². The van der Waals surface area contributed by atoms with E-state index >= 15 is 0 Å². The number of para-hydroxylation sites is 4. The summed E-state index contributed by atoms with van der Waals surface area (Å²) in [6, 6.07) is 155. The van der Waals surface area contributed by atoms with Crippen LogP contribution in [-0.2, 0) is 0 Å². The zero-order valence-corrected chi connectivity index (χ0v) is 74.7. The molecule has 8 heterocycles. The molecule has 0 saturated carbocycles. The van der Waals surface area contributed by atoms with E-state index in [2.05, 4.69) is 263 Å². The Labute approximate surface area is 804 Å². The van der Waals surface area contributed by atoms with Crippen LogP contribution in [0.15, 0.2) is 437 Å². The normalized spacial score (nSPS) is 10.8. The summed E-state index contributed by atoms with van der Waals surface area (Å²) in [5.74, 6) is 0. The molecule has 16 aromatic carbocycles. The van der Waals surface area contributed by atoms with E-state index in [4.69, 9.17) is 5.26 Å². The molecule has 24 aromatic rings. The number of nitrogens with zero attached hydrogens (tertiary/aromatic N) is 16. The molecule has 0 aliphatic heterocycles. The van der Waals surface area contributed by atoms with Gasteiger partial charge in [0.05, 0.1) is 119 Å². The smallest absolute Gasteiger partial charge is 0.148 e. The lowest BCUT2D eigenvalue weighted by atomic mass is 9.93. The largest absolute Gasteiger partial charge is 0.309 e. The highest BCUT2D eigenvalue weighted by molar-refractivity contribution is 6.13. The number of hydrogen-bond acceptors (Lipinski definition) is 12. The highest BCUT2D eigenvalue weighted by Gasteiger charge is 2.23. The van der Waals surface area contributed by atoms with Crippen LogP contribution in [-0.4, -0.2) is 38.2 Å². The summed E-state index contributed by atoms with van der Waals surface area (Å²) in [5, 5.41) is 84.1. The molecule has 0 N–H and O–H groups in total. The van der Waals surface area contributed by atoms with Crippen LogP contribution in [0.5, 0.6) is 0 Å². The molecule has 648 valence electrons. The molecule has 140 heavy (non-hydrogen) atoms. The summed E-state index contributed by atoms with van der Waals surface area (Å²) < 4.78 is 8.97. The summed E-state index contributed by atoms with van der Waals surface area (Å²) >= 11 is 0. The number of nitriles is 8. The van der Waals surface area contributed by atoms with Gasteiger partial charge in [-0.25, -0.2) is 9.97 Å². The molecule has 8 aromatic heterocycles. The Bertz CT molecular complexity index is 9210. The van der Waals surface area contributed by atoms with Crippen molar-refractivity contribution < 1.29 is 0 Å². The van der Waals surface area contributed by atoms with Gasteiger partial charge in [0, 0.05) is 113 Å². The van der Waals surface area contributed by atoms with Gasteiger partial charge in [0.15, 0.2) is 0 Å². The highest BCUT2D eigenvalue weighted by Crippen LogP contribution is 2.44. The maximum absolute atomic E-state index is 9.64. The number of hydrogen-bond donors (Lipinski definition) is 0. The Morgan fingerprint density at radius 3 is 0.900 bits per heavy atom. The molecular formula is C124H72N16. The average Bonchev–Trinajstić information content (AvgIpc) is 1.60. The van der Waals surface area contributed by atoms with Crippen molar-refractivity contribution in [2.24, 2.45) is 0 Å². The first-order valence-corrected chi connectivity index (χ1v) is 45.1. The Morgan fingerprint density at radius 2 is 0.514 bits per heavy atom. The van der Waals surface area contributed by atoms with Crippen molar-refractivity contribution >= 4 is 87.2 Å². The predicted octanol–water partition coefficient (Wildman–Crippen LogP) is 29.0. The average molecular weight is 1790 g/mol. The zero-order chi connectivity index (χ0) is 95.1. The quantitative estimate of drug-likeness (QED) is 0.111. The second kappa shape index (κ2) is 37.8. The first-order valence-electron chi connectivity index (χ1n) is 45.1. The second-order valence-electron chi connectivity index (χ2n) is 33.3. The number of rotatable bonds is 12. The maximum atomic E-state index is 9.64. The Balaban J connectivity index is 0.000000111. The molecule has 0 atom stereocenters. The van der Waals surface area contributed by atoms with Crippen molar-refractivity contribution in [2.75, 3.05) is 0 Å². The third-order valence-corrected chi connectivity index (χ3v) is 25.3. The van der Waals surface area contributed by atoms with E-state index in [9.17, 15) is 36.8 Å². The number of pyridine rings is 4. The summed E-state index contributed by atoms with van der Waals surface area (Å²) in [5.41, 5.74) is 32.8. The SMILES string of the molecule is N#Cc1ccc2c(c1)c1ccccc1n2-c1cccc(-c2ccccc2-c2ccc(C#N)nc2)c1.N#Cc1ccc2c(c1)c1ccccc1n2-c1cccc(-c2ccccc2-c2cccnc2C#N)c1.N#Cc1ccc2c(c1)c1ccccc1n2-c1cccc(-c2ccccc2-c2ncccc2C#N)c1.N#Cc1ccnc(-c2ccccc2-c2cccc(-n3c4ccccc4c4cc(C#N)ccc43)c2)c1. The minimum Gasteiger partial charge on any atom is -0.309 e. The van der Waals surface area contributed by atoms with E-state index in [0.717, 1.165) is 194 Å². The molecule has 16 nitrogen and oxygen atoms in total. The van der Waals surface area contributed by atoms with Gasteiger partial charge in [-0.1, -0.05) is 218 Å². The van der Waals surface area contributed by atoms with Crippen LogP contribution in [0.1, 0.15) is 44.8 Å². The first-order chi connectivity index (χ1) is 69.1. The van der Waals surface area contributed by atoms with E-state index in [0.29, 0.717) is 50.5 Å². The van der Waals surface area contributed by atoms with Gasteiger partial charge >= 0.3 is 0 Å². The minimum absolute atomic E-state index is 0.402. The molecule has 0 fully saturated rings. The minimum atomic E-state index is 0.402. The lowest BCUT2D eigenvalue weighted by Gasteiger charge is -2.14. The predicted molar refractivity (Wildman–Crippen MR) is 556 cm³/mol. The molecule has 0 spiro atoms. The van der Waals surface area contributed by atoms with Gasteiger partial charge in [0.25, 0.3) is 0 Å². The van der Waals surface area contributed by atoms with Crippen LogP contribution < -0.4 is 0 Å². The van der Waals surface area contributed by atoms with Gasteiger partial charge in [-0.2, -0.15) is 42.1 Å². The van der Waals surface area contributed by atoms with Gasteiger partial charge in [0.1, 0.15) is 29.6 Å². The molecule has 0 amide bonds. The van der Waals surface area contributed by atoms with E-state index in [1.54, 1.807) is 49.1 Å². The fraction of sp³-hybridized carbons (Fsp3) is 0. The van der Waals surface area contributed by atoms with Crippen molar-refractivity contribution in [3.63, 3.8) is 0 Å². The Morgan fingerprint density at radius 1 is 0.186 bits per heavy atom. The monoisotopic (exact) mass is 1780 g/mol. The van der Waals surface area contributed by atoms with Gasteiger partial charge in [0.2, 0.25) is 0 Å². The third kappa shape index (κ3) is 16.1. The number of fused-ring (bicyclic) bond motifs is 12. The molecule has 0 aliphatic rings. The zero-order valence-electron chi connectivity index (χ0n) is 74.7. The fourth-order valence-corrected chi connectivity index (χ4v) is 19.1. The van der Waals surface area contributed by atoms with Crippen molar-refractivity contribution in [2.45, 2.75) is 0 Å². The van der Waals surface area contributed by atoms with Gasteiger partial charge in [-0.3, -0.25) is 9.97 Å². The van der Waals surface area contributed by atoms with Crippen molar-refractivity contribution in [1.82, 2.24) is 38.2 Å². The summed E-state index contributed by atoms with van der Waals surface area (Å²) in [6.45, 7) is 0. The molecule has 0 radical (unpaired) electrons. The van der Waals surface area contributed by atoms with Crippen molar-refractivity contribution in [1.29, 1.82) is 42.1 Å². The van der Waals surface area contributed by atoms with Crippen LogP contribution in [0.2, 0.25) is 0 Å². The molecule has 0 unspecified atom stereocenters. The molecular weight excluding hydrogens is 1710 g/mol. The number of aromatic nitrogens is 8. The van der Waals surface area contributed by atoms with Crippen LogP contribution in [0.25, 0.3) is 199 Å². The lowest BCUT2D eigenvalue weighted by molar-refractivity contribution is 1.18. The van der Waals surface area contributed by atoms with Crippen LogP contribution in [0.4, 0.5) is 0 Å². The topological polar surface area (TPSA) is 262 Å². The molecule has 0 saturated heterocycles. The highest BCUT2D eigenvalue weighted by atomic mass is 15.0. The number of benzene rings is 16. The fourth-order valence-electron chi connectivity index (χ4n) is 19.1. The van der Waals surface area contributed by atoms with Crippen molar-refractivity contribution in [3.8, 4) is 161 Å². The van der Waals surface area contributed by atoms with Gasteiger partial charge < -0.3 is 18.3 Å². The first kappa shape index (κ1) is 86.0. The van der Waals surface area contributed by atoms with Crippen LogP contribution in [0.3, 0.4) is 0 Å². The van der Waals surface area contributed by atoms with E-state index in [-0.39, 0.29) is 0 Å². The summed E-state index contributed by atoms with van der Waals surface area (Å²) in [7, 11) is 0. The lowest BCUT2D eigenvalue weighted by Crippen LogP contribution is -1.95. The van der Waals surface area contributed by atoms with Crippen LogP contribution in [0, 0.1) is 90.6 Å². The summed E-state index contributed by atoms with van der Waals surface area (Å²) in [4.78, 5) is 17.6. The van der Waals surface area contributed by atoms with Crippen LogP contribution >= 0.6 is 0 Å². The Hall–Kier alpha value is -20.8. The van der Waals surface area contributed by atoms with Gasteiger partial charge in [-0.15, -0.1) is 0 Å². The summed E-state index contributed by atoms with van der Waals surface area (Å²) in [6.07, 6.45) is 6.79. The molecule has 0 aliphatic carbocycles. The Kier molecular flexibility index (Phi) is 23.2. The van der Waals surface area contributed by atoms with Crippen molar-refractivity contribution in [3.05, 3.63) is 482 Å². The van der Waals surface area contributed by atoms with E-state index in [1.165, 1.54) is 0 Å². The molecule has 24 rings (SSSR count). The van der Waals surface area contributed by atoms with E-state index < -0.39 is 0 Å². The molecule has 0 bridgehead atoms. The standard InChI is InChI=1S/4C31H18N4/c32-19-21-14-15-30-28(17-21)26-11-3-4-13-29(26)35(30)24-9-5-7-22(18-24)25-10-1-2-12-27(25)31-23(20-33)8-6-16-34-31;32-19-21-14-15-31-28(17-21)27-11-3-4-13-30(27)35(31)23-8-5-7-22(18-23)24-9-1-2-10-25(24)26-12-6-16-34-29(26)20-33;32-18-21-12-15-31-29(16-21)28-10-3-4-11-30(28)35(31)25-7-5-6-22(17-25)26-8-1-2-9-27(26)23-13-14-24(19-33)34-20-23;32-19-21-12-13-31-28(16-21)27-10-3-4-11-30(27)35(31)24-7-5-6-23(18-24)25-8-1-2-9-26(25)29-17-22(20-33)14-15-34-29/h2*1-18H;1-17,20H;1-18H.